The van der Waals surface area contributed by atoms with E-state index >= 15 is 0 Å². The van der Waals surface area contributed by atoms with Gasteiger partial charge in [-0.2, -0.15) is 0 Å². The fourth-order valence-electron chi connectivity index (χ4n) is 2.27. The van der Waals surface area contributed by atoms with Crippen LogP contribution < -0.4 is 10.6 Å². The lowest BCUT2D eigenvalue weighted by molar-refractivity contribution is 0.178. The van der Waals surface area contributed by atoms with Gasteiger partial charge < -0.3 is 15.4 Å². The summed E-state index contributed by atoms with van der Waals surface area (Å²) in [5, 5.41) is 6.50. The molecule has 0 aliphatic rings. The molecule has 114 valence electrons. The molecule has 2 heterocycles. The van der Waals surface area contributed by atoms with Gasteiger partial charge in [-0.05, 0) is 32.4 Å². The maximum atomic E-state index is 5.12. The van der Waals surface area contributed by atoms with Gasteiger partial charge in [0.1, 0.15) is 18.2 Å². The Morgan fingerprint density at radius 1 is 1.24 bits per heavy atom. The van der Waals surface area contributed by atoms with E-state index in [-0.39, 0.29) is 6.04 Å². The number of hydrogen-bond acceptors (Lipinski definition) is 6. The molecular weight excluding hydrogens is 284 g/mol. The highest BCUT2D eigenvalue weighted by Crippen LogP contribution is 2.28. The second-order valence-corrected chi connectivity index (χ2v) is 6.43. The minimum Gasteiger partial charge on any atom is -0.377 e. The summed E-state index contributed by atoms with van der Waals surface area (Å²) in [6.07, 6.45) is 0. The van der Waals surface area contributed by atoms with Gasteiger partial charge in [-0.1, -0.05) is 0 Å². The molecule has 2 N–H and O–H groups in total. The molecule has 0 radical (unpaired) electrons. The highest BCUT2D eigenvalue weighted by atomic mass is 32.1. The fraction of sp³-hybridized carbons (Fsp3) is 0.467. The third kappa shape index (κ3) is 3.92. The second-order valence-electron chi connectivity index (χ2n) is 4.97. The van der Waals surface area contributed by atoms with Crippen molar-refractivity contribution in [3.8, 4) is 0 Å². The number of hydrogen-bond donors (Lipinski definition) is 2. The van der Waals surface area contributed by atoms with Crippen LogP contribution in [0.4, 0.5) is 11.6 Å². The van der Waals surface area contributed by atoms with Crippen molar-refractivity contribution in [3.05, 3.63) is 33.3 Å². The van der Waals surface area contributed by atoms with Gasteiger partial charge >= 0.3 is 0 Å². The molecule has 2 aromatic heterocycles. The molecule has 0 aliphatic carbocycles. The summed E-state index contributed by atoms with van der Waals surface area (Å²) < 4.78 is 5.12. The highest BCUT2D eigenvalue weighted by molar-refractivity contribution is 7.12. The maximum Gasteiger partial charge on any atom is 0.158 e. The number of aryl methyl sites for hydroxylation is 2. The smallest absolute Gasteiger partial charge is 0.158 e. The molecule has 0 aromatic carbocycles. The van der Waals surface area contributed by atoms with E-state index in [1.807, 2.05) is 24.5 Å². The van der Waals surface area contributed by atoms with Crippen molar-refractivity contribution in [2.24, 2.45) is 0 Å². The van der Waals surface area contributed by atoms with Gasteiger partial charge in [0.2, 0.25) is 0 Å². The summed E-state index contributed by atoms with van der Waals surface area (Å²) in [4.78, 5) is 11.5. The molecule has 0 saturated carbocycles. The Morgan fingerprint density at radius 2 is 1.95 bits per heavy atom. The van der Waals surface area contributed by atoms with E-state index in [9.17, 15) is 0 Å². The third-order valence-electron chi connectivity index (χ3n) is 3.21. The lowest BCUT2D eigenvalue weighted by Gasteiger charge is -2.16. The minimum absolute atomic E-state index is 0.199. The summed E-state index contributed by atoms with van der Waals surface area (Å²) in [5.74, 6) is 2.25. The molecule has 0 spiro atoms. The first-order chi connectivity index (χ1) is 10.0. The van der Waals surface area contributed by atoms with E-state index in [1.54, 1.807) is 7.11 Å². The van der Waals surface area contributed by atoms with Gasteiger partial charge in [-0.3, -0.25) is 0 Å². The zero-order chi connectivity index (χ0) is 15.4. The fourth-order valence-corrected chi connectivity index (χ4v) is 3.30. The molecule has 0 fully saturated rings. The average molecular weight is 306 g/mol. The van der Waals surface area contributed by atoms with Gasteiger partial charge in [0.15, 0.2) is 5.82 Å². The van der Waals surface area contributed by atoms with Crippen LogP contribution in [0.3, 0.4) is 0 Å². The monoisotopic (exact) mass is 306 g/mol. The molecular formula is C15H22N4OS. The van der Waals surface area contributed by atoms with Crippen molar-refractivity contribution in [2.45, 2.75) is 33.4 Å². The average Bonchev–Trinajstić information content (AvgIpc) is 2.78. The van der Waals surface area contributed by atoms with Gasteiger partial charge in [0.25, 0.3) is 0 Å². The Kier molecular flexibility index (Phi) is 5.14. The van der Waals surface area contributed by atoms with Gasteiger partial charge in [0, 0.05) is 30.0 Å². The van der Waals surface area contributed by atoms with Crippen LogP contribution >= 0.6 is 11.3 Å². The lowest BCUT2D eigenvalue weighted by atomic mass is 10.1. The second kappa shape index (κ2) is 6.87. The van der Waals surface area contributed by atoms with Crippen molar-refractivity contribution in [3.63, 3.8) is 0 Å². The largest absolute Gasteiger partial charge is 0.377 e. The number of anilines is 2. The summed E-state index contributed by atoms with van der Waals surface area (Å²) in [5.41, 5.74) is 1.32. The molecule has 0 amide bonds. The Balaban J connectivity index is 2.21. The van der Waals surface area contributed by atoms with E-state index in [2.05, 4.69) is 47.4 Å². The first-order valence-electron chi connectivity index (χ1n) is 6.91. The Bertz CT molecular complexity index is 612. The molecule has 6 heteroatoms. The zero-order valence-corrected chi connectivity index (χ0v) is 14.0. The van der Waals surface area contributed by atoms with E-state index in [4.69, 9.17) is 4.74 Å². The number of aromatic nitrogens is 2. The molecule has 1 unspecified atom stereocenters. The van der Waals surface area contributed by atoms with Crippen molar-refractivity contribution in [1.29, 1.82) is 0 Å². The first kappa shape index (κ1) is 15.7. The van der Waals surface area contributed by atoms with E-state index in [0.29, 0.717) is 12.4 Å². The number of nitrogens with one attached hydrogen (secondary N) is 2. The van der Waals surface area contributed by atoms with Crippen LogP contribution in [-0.4, -0.2) is 24.1 Å². The van der Waals surface area contributed by atoms with E-state index < -0.39 is 0 Å². The van der Waals surface area contributed by atoms with Crippen molar-refractivity contribution < 1.29 is 4.74 Å². The molecule has 1 atom stereocenters. The van der Waals surface area contributed by atoms with Crippen LogP contribution in [0.25, 0.3) is 0 Å². The summed E-state index contributed by atoms with van der Waals surface area (Å²) in [6, 6.07) is 4.34. The van der Waals surface area contributed by atoms with Crippen molar-refractivity contribution in [2.75, 3.05) is 24.8 Å². The number of rotatable bonds is 6. The molecule has 5 nitrogen and oxygen atoms in total. The molecule has 0 bridgehead atoms. The van der Waals surface area contributed by atoms with E-state index in [1.165, 1.54) is 15.3 Å². The van der Waals surface area contributed by atoms with Gasteiger partial charge in [-0.25, -0.2) is 9.97 Å². The number of nitrogens with zero attached hydrogens (tertiary/aromatic N) is 2. The quantitative estimate of drug-likeness (QED) is 0.855. The minimum atomic E-state index is 0.199. The van der Waals surface area contributed by atoms with Crippen LogP contribution in [0.1, 0.15) is 34.1 Å². The number of thiophene rings is 1. The normalized spacial score (nSPS) is 12.2. The van der Waals surface area contributed by atoms with Crippen molar-refractivity contribution in [1.82, 2.24) is 9.97 Å². The van der Waals surface area contributed by atoms with Crippen LogP contribution in [-0.2, 0) is 11.3 Å². The maximum absolute atomic E-state index is 5.12. The zero-order valence-electron chi connectivity index (χ0n) is 13.2. The lowest BCUT2D eigenvalue weighted by Crippen LogP contribution is -2.11. The Morgan fingerprint density at radius 3 is 2.52 bits per heavy atom. The SMILES string of the molecule is CNc1cc(NC(C)c2cc(C)sc2C)nc(COC)n1. The first-order valence-corrected chi connectivity index (χ1v) is 7.73. The summed E-state index contributed by atoms with van der Waals surface area (Å²) in [7, 11) is 3.49. The predicted octanol–water partition coefficient (Wildman–Crippen LogP) is 3.52. The standard InChI is InChI=1S/C15H22N4OS/c1-9-6-12(11(3)21-9)10(2)17-14-7-13(16-4)18-15(19-14)8-20-5/h6-7,10H,8H2,1-5H3,(H2,16,17,18,19). The predicted molar refractivity (Wildman–Crippen MR) is 88.1 cm³/mol. The third-order valence-corrected chi connectivity index (χ3v) is 4.19. The molecule has 2 aromatic rings. The van der Waals surface area contributed by atoms with Crippen molar-refractivity contribution >= 4 is 23.0 Å². The Hall–Kier alpha value is -1.66. The van der Waals surface area contributed by atoms with Crippen LogP contribution in [0.15, 0.2) is 12.1 Å². The molecule has 0 saturated heterocycles. The molecule has 21 heavy (non-hydrogen) atoms. The topological polar surface area (TPSA) is 59.1 Å². The molecule has 0 aliphatic heterocycles. The van der Waals surface area contributed by atoms with Crippen LogP contribution in [0.2, 0.25) is 0 Å². The summed E-state index contributed by atoms with van der Waals surface area (Å²) >= 11 is 1.82. The van der Waals surface area contributed by atoms with Crippen LogP contribution in [0.5, 0.6) is 0 Å². The van der Waals surface area contributed by atoms with Gasteiger partial charge in [-0.15, -0.1) is 11.3 Å². The highest BCUT2D eigenvalue weighted by Gasteiger charge is 2.13. The summed E-state index contributed by atoms with van der Waals surface area (Å²) in [6.45, 7) is 6.83. The van der Waals surface area contributed by atoms with Gasteiger partial charge in [0.05, 0.1) is 6.04 Å². The van der Waals surface area contributed by atoms with E-state index in [0.717, 1.165) is 11.6 Å². The Labute approximate surface area is 129 Å². The molecule has 2 rings (SSSR count). The number of ether oxygens (including phenoxy) is 1. The number of methoxy groups -OCH3 is 1. The van der Waals surface area contributed by atoms with Crippen LogP contribution in [0, 0.1) is 13.8 Å².